The lowest BCUT2D eigenvalue weighted by Gasteiger charge is -1.90. The fourth-order valence-electron chi connectivity index (χ4n) is 0.584. The number of halogens is 2. The Bertz CT molecular complexity index is 211. The Morgan fingerprint density at radius 1 is 1.60 bits per heavy atom. The van der Waals surface area contributed by atoms with Crippen LogP contribution in [0.4, 0.5) is 5.69 Å². The largest absolute Gasteiger partial charge is 0.395 e. The van der Waals surface area contributed by atoms with Gasteiger partial charge in [-0.15, -0.1) is 12.4 Å². The lowest BCUT2D eigenvalue weighted by atomic mass is 10.4. The van der Waals surface area contributed by atoms with Crippen molar-refractivity contribution in [2.75, 3.05) is 5.73 Å². The van der Waals surface area contributed by atoms with Crippen molar-refractivity contribution in [2.45, 2.75) is 6.92 Å². The van der Waals surface area contributed by atoms with Crippen molar-refractivity contribution >= 4 is 34.0 Å². The molecule has 1 heterocycles. The lowest BCUT2D eigenvalue weighted by Crippen LogP contribution is -1.93. The number of hydrogen-bond acceptors (Lipinski definition) is 2. The van der Waals surface area contributed by atoms with E-state index in [-0.39, 0.29) is 12.4 Å². The molecule has 58 valence electrons. The summed E-state index contributed by atoms with van der Waals surface area (Å²) >= 11 is 3.21. The molecule has 0 unspecified atom stereocenters. The molecule has 2 N–H and O–H groups in total. The maximum Gasteiger partial charge on any atom is 0.151 e. The molecule has 0 amide bonds. The van der Waals surface area contributed by atoms with E-state index in [1.807, 2.05) is 14.0 Å². The minimum absolute atomic E-state index is 0. The number of aryl methyl sites for hydroxylation is 1. The van der Waals surface area contributed by atoms with Crippen LogP contribution in [0.1, 0.15) is 5.69 Å². The van der Waals surface area contributed by atoms with Gasteiger partial charge < -0.3 is 5.73 Å². The molecule has 0 aliphatic carbocycles. The predicted octanol–water partition coefficient (Wildman–Crippen LogP) is 1.50. The van der Waals surface area contributed by atoms with Gasteiger partial charge in [-0.1, -0.05) is 0 Å². The van der Waals surface area contributed by atoms with E-state index < -0.39 is 0 Å². The third-order valence-electron chi connectivity index (χ3n) is 1.34. The Balaban J connectivity index is 0.000000810. The zero-order valence-corrected chi connectivity index (χ0v) is 8.16. The SMILES string of the molecule is Cc1c(N)c(Br)nn1C.Cl. The third kappa shape index (κ3) is 1.44. The van der Waals surface area contributed by atoms with Crippen LogP contribution in [-0.2, 0) is 7.05 Å². The minimum atomic E-state index is 0. The number of aromatic nitrogens is 2. The first-order valence-corrected chi connectivity index (χ1v) is 3.37. The van der Waals surface area contributed by atoms with E-state index in [1.54, 1.807) is 4.68 Å². The molecule has 0 bridgehead atoms. The third-order valence-corrected chi connectivity index (χ3v) is 1.92. The molecule has 0 aliphatic rings. The van der Waals surface area contributed by atoms with Crippen LogP contribution < -0.4 is 5.73 Å². The van der Waals surface area contributed by atoms with Gasteiger partial charge in [-0.2, -0.15) is 5.10 Å². The van der Waals surface area contributed by atoms with Gasteiger partial charge in [0.05, 0.1) is 11.4 Å². The quantitative estimate of drug-likeness (QED) is 0.728. The minimum Gasteiger partial charge on any atom is -0.395 e. The van der Waals surface area contributed by atoms with Gasteiger partial charge in [0, 0.05) is 7.05 Å². The van der Waals surface area contributed by atoms with E-state index in [1.165, 1.54) is 0 Å². The normalized spacial score (nSPS) is 9.10. The average Bonchev–Trinajstić information content (AvgIpc) is 1.98. The van der Waals surface area contributed by atoms with Crippen molar-refractivity contribution in [3.8, 4) is 0 Å². The summed E-state index contributed by atoms with van der Waals surface area (Å²) in [4.78, 5) is 0. The summed E-state index contributed by atoms with van der Waals surface area (Å²) in [5.41, 5.74) is 7.28. The van der Waals surface area contributed by atoms with Gasteiger partial charge in [-0.25, -0.2) is 0 Å². The van der Waals surface area contributed by atoms with Crippen LogP contribution in [0, 0.1) is 6.92 Å². The fourth-order valence-corrected chi connectivity index (χ4v) is 1.11. The van der Waals surface area contributed by atoms with Crippen LogP contribution in [0.15, 0.2) is 4.60 Å². The molecule has 10 heavy (non-hydrogen) atoms. The molecule has 0 spiro atoms. The highest BCUT2D eigenvalue weighted by Gasteiger charge is 2.04. The number of rotatable bonds is 0. The first kappa shape index (κ1) is 9.78. The van der Waals surface area contributed by atoms with Crippen LogP contribution >= 0.6 is 28.3 Å². The summed E-state index contributed by atoms with van der Waals surface area (Å²) in [5.74, 6) is 0. The molecular weight excluding hydrogens is 217 g/mol. The Morgan fingerprint density at radius 3 is 2.20 bits per heavy atom. The van der Waals surface area contributed by atoms with Gasteiger partial charge in [0.15, 0.2) is 4.60 Å². The fraction of sp³-hybridized carbons (Fsp3) is 0.400. The number of nitrogens with zero attached hydrogens (tertiary/aromatic N) is 2. The second-order valence-electron chi connectivity index (χ2n) is 1.91. The van der Waals surface area contributed by atoms with E-state index in [0.717, 1.165) is 16.0 Å². The summed E-state index contributed by atoms with van der Waals surface area (Å²) in [6, 6.07) is 0. The Kier molecular flexibility index (Phi) is 3.18. The molecule has 0 fully saturated rings. The molecule has 0 atom stereocenters. The van der Waals surface area contributed by atoms with E-state index in [4.69, 9.17) is 5.73 Å². The number of nitrogens with two attached hydrogens (primary N) is 1. The van der Waals surface area contributed by atoms with Gasteiger partial charge in [0.1, 0.15) is 0 Å². The lowest BCUT2D eigenvalue weighted by molar-refractivity contribution is 0.734. The molecule has 1 rings (SSSR count). The topological polar surface area (TPSA) is 43.8 Å². The molecule has 0 radical (unpaired) electrons. The number of nitrogen functional groups attached to an aromatic ring is 1. The van der Waals surface area contributed by atoms with Gasteiger partial charge in [0.2, 0.25) is 0 Å². The summed E-state index contributed by atoms with van der Waals surface area (Å²) < 4.78 is 2.46. The second-order valence-corrected chi connectivity index (χ2v) is 2.66. The van der Waals surface area contributed by atoms with Crippen LogP contribution in [0.2, 0.25) is 0 Å². The molecule has 0 aliphatic heterocycles. The summed E-state index contributed by atoms with van der Waals surface area (Å²) in [7, 11) is 1.86. The van der Waals surface area contributed by atoms with Gasteiger partial charge in [-0.3, -0.25) is 4.68 Å². The molecule has 3 nitrogen and oxygen atoms in total. The number of anilines is 1. The van der Waals surface area contributed by atoms with E-state index in [2.05, 4.69) is 21.0 Å². The standard InChI is InChI=1S/C5H8BrN3.ClH/c1-3-4(7)5(6)8-9(3)2;/h7H2,1-2H3;1H. The average molecular weight is 227 g/mol. The van der Waals surface area contributed by atoms with Gasteiger partial charge in [0.25, 0.3) is 0 Å². The zero-order valence-electron chi connectivity index (χ0n) is 5.76. The highest BCUT2D eigenvalue weighted by molar-refractivity contribution is 9.10. The van der Waals surface area contributed by atoms with Crippen molar-refractivity contribution in [1.82, 2.24) is 9.78 Å². The van der Waals surface area contributed by atoms with Crippen LogP contribution in [0.5, 0.6) is 0 Å². The molecular formula is C5H9BrClN3. The van der Waals surface area contributed by atoms with Crippen molar-refractivity contribution in [1.29, 1.82) is 0 Å². The smallest absolute Gasteiger partial charge is 0.151 e. The van der Waals surface area contributed by atoms with Crippen molar-refractivity contribution in [2.24, 2.45) is 7.05 Å². The van der Waals surface area contributed by atoms with Gasteiger partial charge in [-0.05, 0) is 22.9 Å². The van der Waals surface area contributed by atoms with Crippen LogP contribution in [0.25, 0.3) is 0 Å². The number of hydrogen-bond donors (Lipinski definition) is 1. The van der Waals surface area contributed by atoms with E-state index in [0.29, 0.717) is 0 Å². The molecule has 0 saturated carbocycles. The Hall–Kier alpha value is -0.220. The summed E-state index contributed by atoms with van der Waals surface area (Å²) in [6.45, 7) is 1.92. The maximum atomic E-state index is 5.57. The highest BCUT2D eigenvalue weighted by Crippen LogP contribution is 2.19. The molecule has 1 aromatic heterocycles. The highest BCUT2D eigenvalue weighted by atomic mass is 79.9. The zero-order chi connectivity index (χ0) is 7.02. The van der Waals surface area contributed by atoms with Gasteiger partial charge >= 0.3 is 0 Å². The molecule has 0 saturated heterocycles. The van der Waals surface area contributed by atoms with Crippen molar-refractivity contribution in [3.63, 3.8) is 0 Å². The molecule has 5 heteroatoms. The Morgan fingerprint density at radius 2 is 2.10 bits per heavy atom. The predicted molar refractivity (Wildman–Crippen MR) is 47.3 cm³/mol. The van der Waals surface area contributed by atoms with E-state index >= 15 is 0 Å². The van der Waals surface area contributed by atoms with Crippen molar-refractivity contribution in [3.05, 3.63) is 10.3 Å². The molecule has 0 aromatic carbocycles. The van der Waals surface area contributed by atoms with E-state index in [9.17, 15) is 0 Å². The Labute approximate surface area is 74.1 Å². The van der Waals surface area contributed by atoms with Crippen molar-refractivity contribution < 1.29 is 0 Å². The maximum absolute atomic E-state index is 5.57. The summed E-state index contributed by atoms with van der Waals surface area (Å²) in [6.07, 6.45) is 0. The first-order valence-electron chi connectivity index (χ1n) is 2.57. The monoisotopic (exact) mass is 225 g/mol. The van der Waals surface area contributed by atoms with Crippen LogP contribution in [-0.4, -0.2) is 9.78 Å². The molecule has 1 aromatic rings. The van der Waals surface area contributed by atoms with Crippen LogP contribution in [0.3, 0.4) is 0 Å². The summed E-state index contributed by atoms with van der Waals surface area (Å²) in [5, 5.41) is 4.02. The second kappa shape index (κ2) is 3.25. The first-order chi connectivity index (χ1) is 4.13.